The molecule has 1 aromatic carbocycles. The zero-order valence-electron chi connectivity index (χ0n) is 17.8. The molecule has 0 unspecified atom stereocenters. The van der Waals surface area contributed by atoms with E-state index < -0.39 is 18.9 Å². The van der Waals surface area contributed by atoms with Crippen LogP contribution in [0.3, 0.4) is 0 Å². The van der Waals surface area contributed by atoms with Crippen LogP contribution in [0.4, 0.5) is 4.79 Å². The normalized spacial score (nSPS) is 13.5. The van der Waals surface area contributed by atoms with Gasteiger partial charge in [-0.3, -0.25) is 4.57 Å². The molecule has 0 aliphatic carbocycles. The molecule has 2 heterocycles. The number of rotatable bonds is 7. The van der Waals surface area contributed by atoms with Crippen molar-refractivity contribution in [2.45, 2.75) is 12.8 Å². The maximum Gasteiger partial charge on any atom is 0.421 e. The fraction of sp³-hybridized carbons (Fsp3) is 0.364. The fourth-order valence-corrected chi connectivity index (χ4v) is 3.22. The highest BCUT2D eigenvalue weighted by molar-refractivity contribution is 5.93. The molecule has 1 aromatic heterocycles. The van der Waals surface area contributed by atoms with Crippen LogP contribution in [0.1, 0.15) is 12.0 Å². The molecule has 0 saturated heterocycles. The molecule has 0 fully saturated rings. The van der Waals surface area contributed by atoms with Gasteiger partial charge in [0.2, 0.25) is 6.79 Å². The maximum absolute atomic E-state index is 12.6. The Morgan fingerprint density at radius 3 is 2.70 bits per heavy atom. The average Bonchev–Trinajstić information content (AvgIpc) is 3.10. The molecule has 0 atom stereocenters. The summed E-state index contributed by atoms with van der Waals surface area (Å²) in [5.74, 6) is 0.209. The second-order valence-corrected chi connectivity index (χ2v) is 7.33. The third-order valence-electron chi connectivity index (χ3n) is 4.79. The molecule has 160 valence electrons. The van der Waals surface area contributed by atoms with Crippen LogP contribution in [0.25, 0.3) is 10.9 Å². The summed E-state index contributed by atoms with van der Waals surface area (Å²) in [4.78, 5) is 28.6. The molecule has 1 aliphatic heterocycles. The molecule has 0 amide bonds. The molecular formula is C22H27N3O5. The van der Waals surface area contributed by atoms with Gasteiger partial charge in [-0.05, 0) is 50.5 Å². The molecule has 0 N–H and O–H groups in total. The summed E-state index contributed by atoms with van der Waals surface area (Å²) >= 11 is 0. The van der Waals surface area contributed by atoms with Crippen molar-refractivity contribution in [3.05, 3.63) is 54.0 Å². The van der Waals surface area contributed by atoms with Gasteiger partial charge in [-0.2, -0.15) is 0 Å². The third kappa shape index (κ3) is 5.01. The highest BCUT2D eigenvalue weighted by Crippen LogP contribution is 2.27. The van der Waals surface area contributed by atoms with Crippen molar-refractivity contribution < 1.29 is 23.8 Å². The lowest BCUT2D eigenvalue weighted by molar-refractivity contribution is -0.147. The molecule has 8 nitrogen and oxygen atoms in total. The van der Waals surface area contributed by atoms with E-state index in [2.05, 4.69) is 4.90 Å². The number of aromatic nitrogens is 1. The van der Waals surface area contributed by atoms with Gasteiger partial charge < -0.3 is 24.0 Å². The van der Waals surface area contributed by atoms with Gasteiger partial charge in [-0.1, -0.05) is 6.08 Å². The number of carbonyl (C=O) groups is 2. The number of hydrogen-bond donors (Lipinski definition) is 0. The minimum atomic E-state index is -0.608. The van der Waals surface area contributed by atoms with Gasteiger partial charge in [0, 0.05) is 37.8 Å². The van der Waals surface area contributed by atoms with E-state index in [1.54, 1.807) is 30.5 Å². The van der Waals surface area contributed by atoms with Crippen molar-refractivity contribution in [1.29, 1.82) is 0 Å². The predicted molar refractivity (Wildman–Crippen MR) is 113 cm³/mol. The Hall–Kier alpha value is -3.26. The van der Waals surface area contributed by atoms with Gasteiger partial charge in [0.05, 0.1) is 18.2 Å². The van der Waals surface area contributed by atoms with Gasteiger partial charge in [-0.25, -0.2) is 9.59 Å². The van der Waals surface area contributed by atoms with E-state index in [1.165, 1.54) is 4.57 Å². The lowest BCUT2D eigenvalue weighted by Gasteiger charge is -2.15. The predicted octanol–water partition coefficient (Wildman–Crippen LogP) is 2.97. The maximum atomic E-state index is 12.6. The molecule has 0 radical (unpaired) electrons. The first-order chi connectivity index (χ1) is 14.4. The van der Waals surface area contributed by atoms with Crippen molar-refractivity contribution in [2.24, 2.45) is 0 Å². The summed E-state index contributed by atoms with van der Waals surface area (Å²) in [5, 5.41) is 0.923. The Morgan fingerprint density at radius 1 is 1.20 bits per heavy atom. The van der Waals surface area contributed by atoms with Gasteiger partial charge in [0.25, 0.3) is 0 Å². The van der Waals surface area contributed by atoms with Crippen LogP contribution in [0, 0.1) is 0 Å². The first-order valence-corrected chi connectivity index (χ1v) is 9.65. The number of nitrogens with zero attached hydrogens (tertiary/aromatic N) is 3. The van der Waals surface area contributed by atoms with Crippen LogP contribution in [0.2, 0.25) is 0 Å². The minimum absolute atomic E-state index is 0.453. The summed E-state index contributed by atoms with van der Waals surface area (Å²) in [7, 11) is 7.42. The van der Waals surface area contributed by atoms with Crippen LogP contribution in [-0.4, -0.2) is 68.0 Å². The minimum Gasteiger partial charge on any atom is -0.497 e. The van der Waals surface area contributed by atoms with Crippen molar-refractivity contribution >= 4 is 23.0 Å². The number of allylic oxidation sites excluding steroid dienone is 1. The second-order valence-electron chi connectivity index (χ2n) is 7.33. The number of likely N-dealkylation sites (N-methyl/N-ethyl adjacent to an activating group) is 1. The van der Waals surface area contributed by atoms with E-state index in [4.69, 9.17) is 14.2 Å². The molecule has 8 heteroatoms. The van der Waals surface area contributed by atoms with Gasteiger partial charge >= 0.3 is 12.1 Å². The van der Waals surface area contributed by atoms with Crippen molar-refractivity contribution in [3.8, 4) is 5.75 Å². The molecule has 2 aromatic rings. The Balaban J connectivity index is 1.70. The zero-order valence-corrected chi connectivity index (χ0v) is 17.8. The van der Waals surface area contributed by atoms with Gasteiger partial charge in [0.1, 0.15) is 5.75 Å². The molecule has 1 aliphatic rings. The monoisotopic (exact) mass is 413 g/mol. The Labute approximate surface area is 175 Å². The topological polar surface area (TPSA) is 73.2 Å². The number of carbonyl (C=O) groups excluding carboxylic acids is 2. The van der Waals surface area contributed by atoms with Crippen LogP contribution in [-0.2, 0) is 20.7 Å². The highest BCUT2D eigenvalue weighted by atomic mass is 16.7. The number of hydrogen-bond acceptors (Lipinski definition) is 7. The summed E-state index contributed by atoms with van der Waals surface area (Å²) in [6.45, 7) is 0.381. The van der Waals surface area contributed by atoms with Gasteiger partial charge in [-0.15, -0.1) is 0 Å². The Kier molecular flexibility index (Phi) is 6.79. The van der Waals surface area contributed by atoms with Crippen LogP contribution in [0.15, 0.2) is 48.4 Å². The second kappa shape index (κ2) is 9.49. The van der Waals surface area contributed by atoms with E-state index in [-0.39, 0.29) is 0 Å². The number of fused-ring (bicyclic) bond motifs is 1. The molecule has 30 heavy (non-hydrogen) atoms. The molecular weight excluding hydrogens is 386 g/mol. The number of methoxy groups -OCH3 is 1. The summed E-state index contributed by atoms with van der Waals surface area (Å²) in [5.41, 5.74) is 2.22. The zero-order chi connectivity index (χ0) is 21.7. The summed E-state index contributed by atoms with van der Waals surface area (Å²) in [6.07, 6.45) is 7.81. The van der Waals surface area contributed by atoms with Gasteiger partial charge in [0.15, 0.2) is 0 Å². The van der Waals surface area contributed by atoms with Crippen molar-refractivity contribution in [1.82, 2.24) is 14.4 Å². The molecule has 0 bridgehead atoms. The van der Waals surface area contributed by atoms with E-state index in [9.17, 15) is 9.59 Å². The molecule has 3 rings (SSSR count). The van der Waals surface area contributed by atoms with E-state index in [1.807, 2.05) is 45.6 Å². The van der Waals surface area contributed by atoms with Crippen LogP contribution in [0.5, 0.6) is 5.75 Å². The smallest absolute Gasteiger partial charge is 0.421 e. The first kappa shape index (κ1) is 21.4. The van der Waals surface area contributed by atoms with E-state index in [0.717, 1.165) is 23.9 Å². The van der Waals surface area contributed by atoms with E-state index in [0.29, 0.717) is 23.3 Å². The van der Waals surface area contributed by atoms with Crippen LogP contribution >= 0.6 is 0 Å². The van der Waals surface area contributed by atoms with Crippen LogP contribution < -0.4 is 4.74 Å². The quantitative estimate of drug-likeness (QED) is 0.510. The highest BCUT2D eigenvalue weighted by Gasteiger charge is 2.18. The van der Waals surface area contributed by atoms with E-state index >= 15 is 0 Å². The Morgan fingerprint density at radius 2 is 2.00 bits per heavy atom. The lowest BCUT2D eigenvalue weighted by Crippen LogP contribution is -2.19. The van der Waals surface area contributed by atoms with Crippen molar-refractivity contribution in [2.75, 3.05) is 41.6 Å². The standard InChI is InChI=1S/C22H27N3O5/c1-23(2)11-9-16-14-25(20-8-7-18(28-4)12-19(16)20)22(27)30-15-29-21(26)17-6-5-10-24(3)13-17/h5,7-8,10,12-14H,6,9,11,15H2,1-4H3. The SMILES string of the molecule is COc1ccc2c(c1)c(CCN(C)C)cn2C(=O)OCOC(=O)C1=CN(C)C=CC1. The largest absolute Gasteiger partial charge is 0.497 e. The lowest BCUT2D eigenvalue weighted by atomic mass is 10.1. The number of esters is 1. The average molecular weight is 413 g/mol. The summed E-state index contributed by atoms with van der Waals surface area (Å²) in [6, 6.07) is 5.51. The Bertz CT molecular complexity index is 990. The third-order valence-corrected chi connectivity index (χ3v) is 4.79. The first-order valence-electron chi connectivity index (χ1n) is 9.65. The number of ether oxygens (including phenoxy) is 3. The molecule has 0 saturated carbocycles. The fourth-order valence-electron chi connectivity index (χ4n) is 3.22. The number of benzene rings is 1. The molecule has 0 spiro atoms. The van der Waals surface area contributed by atoms with Crippen molar-refractivity contribution in [3.63, 3.8) is 0 Å². The summed E-state index contributed by atoms with van der Waals surface area (Å²) < 4.78 is 17.1.